The number of fused-ring (bicyclic) bond motifs is 14. The zero-order valence-electron chi connectivity index (χ0n) is 35.3. The van der Waals surface area contributed by atoms with Crippen LogP contribution in [0.25, 0.3) is 66.4 Å². The molecule has 0 unspecified atom stereocenters. The van der Waals surface area contributed by atoms with Crippen molar-refractivity contribution in [3.05, 3.63) is 247 Å². The Morgan fingerprint density at radius 2 is 1.02 bits per heavy atom. The van der Waals surface area contributed by atoms with Gasteiger partial charge in [-0.1, -0.05) is 187 Å². The Morgan fingerprint density at radius 1 is 0.431 bits per heavy atom. The van der Waals surface area contributed by atoms with Gasteiger partial charge >= 0.3 is 0 Å². The number of nitrogens with one attached hydrogen (secondary N) is 1. The fourth-order valence-corrected chi connectivity index (χ4v) is 11.4. The topological polar surface area (TPSA) is 28.4 Å². The lowest BCUT2D eigenvalue weighted by Crippen LogP contribution is -2.47. The maximum atomic E-state index is 7.02. The molecule has 1 spiro atoms. The Balaban J connectivity index is 1.02. The molecule has 0 fully saturated rings. The zero-order chi connectivity index (χ0) is 42.6. The van der Waals surface area contributed by atoms with E-state index >= 15 is 0 Å². The Labute approximate surface area is 378 Å². The predicted octanol–water partition coefficient (Wildman–Crippen LogP) is 14.4. The van der Waals surface area contributed by atoms with E-state index in [0.29, 0.717) is 0 Å². The van der Waals surface area contributed by atoms with Crippen LogP contribution in [0.3, 0.4) is 0 Å². The number of nitrogens with zero attached hydrogens (tertiary/aromatic N) is 1. The van der Waals surface area contributed by atoms with Gasteiger partial charge in [0.25, 0.3) is 0 Å². The summed E-state index contributed by atoms with van der Waals surface area (Å²) in [5, 5.41) is 6.14. The molecule has 0 saturated carbocycles. The highest BCUT2D eigenvalue weighted by Gasteiger charge is 2.53. The summed E-state index contributed by atoms with van der Waals surface area (Å²) in [6, 6.07) is 81.8. The van der Waals surface area contributed by atoms with E-state index in [1.807, 2.05) is 0 Å². The van der Waals surface area contributed by atoms with Gasteiger partial charge in [0.05, 0.1) is 11.1 Å². The van der Waals surface area contributed by atoms with Crippen LogP contribution in [-0.4, -0.2) is 7.28 Å². The molecule has 3 aliphatic rings. The van der Waals surface area contributed by atoms with E-state index in [9.17, 15) is 0 Å². The molecule has 1 aromatic heterocycles. The summed E-state index contributed by atoms with van der Waals surface area (Å²) in [6.07, 6.45) is 0. The van der Waals surface area contributed by atoms with Gasteiger partial charge < -0.3 is 14.6 Å². The fourth-order valence-electron chi connectivity index (χ4n) is 11.4. The minimum Gasteiger partial charge on any atom is -0.455 e. The second kappa shape index (κ2) is 13.8. The standard InChI is InChI=1S/C61H38BN2O/c1-3-18-38(19-4-1)40-34-41(39-20-5-2-6-21-39)36-42(35-40)63-53-31-14-9-25-46(53)57-58-55(37-47-45-24-10-16-33-56(45)65-60(47)57)64-54-32-15-13-28-50(54)61(51-29-17-30-52(62-58)59(51)64)48-26-11-7-22-43(48)44-23-8-12-27-49(44)61/h1-37,63H. The van der Waals surface area contributed by atoms with E-state index in [0.717, 1.165) is 66.7 Å². The molecule has 0 saturated heterocycles. The minimum atomic E-state index is -0.490. The summed E-state index contributed by atoms with van der Waals surface area (Å²) in [5.74, 6) is 0. The molecule has 65 heavy (non-hydrogen) atoms. The van der Waals surface area contributed by atoms with E-state index < -0.39 is 5.41 Å². The molecule has 1 radical (unpaired) electrons. The normalized spacial score (nSPS) is 13.4. The molecule has 4 heteroatoms. The summed E-state index contributed by atoms with van der Waals surface area (Å²) in [7, 11) is 2.42. The molecule has 0 amide bonds. The van der Waals surface area contributed by atoms with Gasteiger partial charge in [-0.2, -0.15) is 0 Å². The van der Waals surface area contributed by atoms with Crippen molar-refractivity contribution in [1.29, 1.82) is 0 Å². The van der Waals surface area contributed by atoms with E-state index in [1.165, 1.54) is 61.3 Å². The second-order valence-corrected chi connectivity index (χ2v) is 17.4. The van der Waals surface area contributed by atoms with Gasteiger partial charge in [-0.3, -0.25) is 0 Å². The lowest BCUT2D eigenvalue weighted by molar-refractivity contribution is 0.670. The molecule has 0 atom stereocenters. The van der Waals surface area contributed by atoms with Crippen molar-refractivity contribution in [2.75, 3.05) is 10.2 Å². The molecule has 10 aromatic carbocycles. The van der Waals surface area contributed by atoms with Crippen LogP contribution >= 0.6 is 0 Å². The molecular formula is C61H38BN2O. The minimum absolute atomic E-state index is 0.490. The van der Waals surface area contributed by atoms with Gasteiger partial charge in [-0.15, -0.1) is 0 Å². The number of hydrogen-bond donors (Lipinski definition) is 1. The maximum absolute atomic E-state index is 7.02. The van der Waals surface area contributed by atoms with Crippen molar-refractivity contribution >= 4 is 68.6 Å². The van der Waals surface area contributed by atoms with Crippen LogP contribution in [0.4, 0.5) is 28.4 Å². The van der Waals surface area contributed by atoms with Crippen LogP contribution in [0.15, 0.2) is 229 Å². The number of furan rings is 1. The van der Waals surface area contributed by atoms with Crippen LogP contribution in [0.2, 0.25) is 0 Å². The highest BCUT2D eigenvalue weighted by molar-refractivity contribution is 6.74. The molecule has 0 bridgehead atoms. The van der Waals surface area contributed by atoms with Gasteiger partial charge in [0.1, 0.15) is 11.2 Å². The largest absolute Gasteiger partial charge is 0.455 e. The highest BCUT2D eigenvalue weighted by Crippen LogP contribution is 2.63. The first-order valence-electron chi connectivity index (χ1n) is 22.4. The molecule has 14 rings (SSSR count). The molecular weight excluding hydrogens is 787 g/mol. The number of hydrogen-bond acceptors (Lipinski definition) is 3. The zero-order valence-corrected chi connectivity index (χ0v) is 35.3. The quantitative estimate of drug-likeness (QED) is 0.175. The Morgan fingerprint density at radius 3 is 1.74 bits per heavy atom. The van der Waals surface area contributed by atoms with Crippen LogP contribution in [0, 0.1) is 0 Å². The van der Waals surface area contributed by atoms with Crippen molar-refractivity contribution in [3.8, 4) is 44.5 Å². The summed E-state index contributed by atoms with van der Waals surface area (Å²) in [6.45, 7) is 0. The average Bonchev–Trinajstić information content (AvgIpc) is 3.89. The van der Waals surface area contributed by atoms with E-state index in [-0.39, 0.29) is 0 Å². The van der Waals surface area contributed by atoms with Crippen molar-refractivity contribution in [3.63, 3.8) is 0 Å². The van der Waals surface area contributed by atoms with E-state index in [2.05, 4.69) is 242 Å². The van der Waals surface area contributed by atoms with Crippen LogP contribution in [-0.2, 0) is 5.41 Å². The summed E-state index contributed by atoms with van der Waals surface area (Å²) < 4.78 is 7.02. The summed E-state index contributed by atoms with van der Waals surface area (Å²) >= 11 is 0. The first kappa shape index (κ1) is 36.2. The Kier molecular flexibility index (Phi) is 7.70. The first-order chi connectivity index (χ1) is 32.2. The smallest absolute Gasteiger partial charge is 0.198 e. The van der Waals surface area contributed by atoms with Gasteiger partial charge in [0.15, 0.2) is 7.28 Å². The second-order valence-electron chi connectivity index (χ2n) is 17.4. The number of benzene rings is 10. The predicted molar refractivity (Wildman–Crippen MR) is 270 cm³/mol. The van der Waals surface area contributed by atoms with Gasteiger partial charge in [-0.25, -0.2) is 0 Å². The molecule has 2 aliphatic heterocycles. The third-order valence-corrected chi connectivity index (χ3v) is 14.0. The third-order valence-electron chi connectivity index (χ3n) is 14.0. The average molecular weight is 826 g/mol. The van der Waals surface area contributed by atoms with Crippen LogP contribution in [0.5, 0.6) is 0 Å². The molecule has 1 aliphatic carbocycles. The number of anilines is 5. The highest BCUT2D eigenvalue weighted by atomic mass is 16.3. The monoisotopic (exact) mass is 825 g/mol. The molecule has 3 nitrogen and oxygen atoms in total. The molecule has 1 N–H and O–H groups in total. The van der Waals surface area contributed by atoms with Gasteiger partial charge in [0.2, 0.25) is 0 Å². The van der Waals surface area contributed by atoms with E-state index in [4.69, 9.17) is 4.42 Å². The molecule has 3 heterocycles. The van der Waals surface area contributed by atoms with Crippen molar-refractivity contribution in [2.45, 2.75) is 5.41 Å². The molecule has 11 aromatic rings. The summed E-state index contributed by atoms with van der Waals surface area (Å²) in [4.78, 5) is 2.56. The lowest BCUT2D eigenvalue weighted by Gasteiger charge is -2.48. The first-order valence-corrected chi connectivity index (χ1v) is 22.4. The van der Waals surface area contributed by atoms with Gasteiger partial charge in [0, 0.05) is 44.6 Å². The summed E-state index contributed by atoms with van der Waals surface area (Å²) in [5.41, 5.74) is 23.7. The fraction of sp³-hybridized carbons (Fsp3) is 0.0164. The lowest BCUT2D eigenvalue weighted by atomic mass is 9.54. The Hall–Kier alpha value is -8.34. The van der Waals surface area contributed by atoms with Crippen LogP contribution < -0.4 is 21.1 Å². The number of rotatable bonds is 5. The Bertz CT molecular complexity index is 3640. The van der Waals surface area contributed by atoms with E-state index in [1.54, 1.807) is 0 Å². The van der Waals surface area contributed by atoms with Gasteiger partial charge in [-0.05, 0) is 104 Å². The number of para-hydroxylation sites is 4. The maximum Gasteiger partial charge on any atom is 0.198 e. The third kappa shape index (κ3) is 5.14. The van der Waals surface area contributed by atoms with Crippen molar-refractivity contribution in [2.24, 2.45) is 0 Å². The molecule has 301 valence electrons. The van der Waals surface area contributed by atoms with Crippen molar-refractivity contribution < 1.29 is 4.42 Å². The SMILES string of the molecule is [B]1c2cccc3c2N(c2ccccc2C32c3ccccc3-c3ccccc32)c2cc3c(oc4ccccc43)c(-c3ccccc3Nc3cc(-c4ccccc4)cc(-c4ccccc4)c3)c21. The van der Waals surface area contributed by atoms with Crippen LogP contribution in [0.1, 0.15) is 22.3 Å². The van der Waals surface area contributed by atoms with Crippen molar-refractivity contribution in [1.82, 2.24) is 0 Å².